The van der Waals surface area contributed by atoms with E-state index >= 15 is 0 Å². The first kappa shape index (κ1) is 30.7. The Morgan fingerprint density at radius 3 is 0.740 bits per heavy atom. The molecule has 2 nitrogen and oxygen atoms in total. The summed E-state index contributed by atoms with van der Waals surface area (Å²) in [5, 5.41) is 0. The normalized spacial score (nSPS) is 11.0. The number of anilines is 2. The minimum absolute atomic E-state index is 0.765. The summed E-state index contributed by atoms with van der Waals surface area (Å²) in [5.74, 6) is 0. The number of nitrogens with two attached hydrogens (primary N) is 2. The standard InChI is InChI=1S/C48H36N2/c49-42-31-29-36(30-32-42)34-23-21-33(22-24-34)35-25-27-41(28-26-35)43-44(37-13-5-1-6-14-37)46(39-17-9-3-10-18-39)48(50)47(40-19-11-4-12-20-40)45(43)38-15-7-2-8-16-38/h1-32H,49-50H2. The molecule has 0 saturated carbocycles. The molecule has 238 valence electrons. The summed E-state index contributed by atoms with van der Waals surface area (Å²) in [6.45, 7) is 0. The van der Waals surface area contributed by atoms with Crippen LogP contribution in [0.1, 0.15) is 0 Å². The van der Waals surface area contributed by atoms with E-state index in [0.717, 1.165) is 89.3 Å². The number of nitrogen functional groups attached to an aromatic ring is 2. The van der Waals surface area contributed by atoms with Crippen molar-refractivity contribution in [2.45, 2.75) is 0 Å². The maximum Gasteiger partial charge on any atom is 0.0486 e. The molecule has 50 heavy (non-hydrogen) atoms. The molecule has 0 spiro atoms. The van der Waals surface area contributed by atoms with Gasteiger partial charge >= 0.3 is 0 Å². The molecule has 0 saturated heterocycles. The first-order valence-electron chi connectivity index (χ1n) is 16.9. The molecule has 0 aliphatic carbocycles. The van der Waals surface area contributed by atoms with Gasteiger partial charge in [0.25, 0.3) is 0 Å². The van der Waals surface area contributed by atoms with Gasteiger partial charge in [-0.2, -0.15) is 0 Å². The predicted octanol–water partition coefficient (Wildman–Crippen LogP) is 12.5. The molecule has 0 amide bonds. The maximum absolute atomic E-state index is 7.43. The first-order chi connectivity index (χ1) is 24.7. The maximum atomic E-state index is 7.43. The minimum Gasteiger partial charge on any atom is -0.399 e. The van der Waals surface area contributed by atoms with Gasteiger partial charge in [-0.3, -0.25) is 0 Å². The average Bonchev–Trinajstić information content (AvgIpc) is 3.19. The molecular formula is C48H36N2. The van der Waals surface area contributed by atoms with Crippen LogP contribution >= 0.6 is 0 Å². The van der Waals surface area contributed by atoms with Crippen molar-refractivity contribution in [2.75, 3.05) is 11.5 Å². The fourth-order valence-corrected chi connectivity index (χ4v) is 7.01. The third kappa shape index (κ3) is 5.85. The van der Waals surface area contributed by atoms with Gasteiger partial charge in [-0.25, -0.2) is 0 Å². The molecule has 0 heterocycles. The Hall–Kier alpha value is -6.64. The molecule has 0 fully saturated rings. The molecule has 8 aromatic carbocycles. The van der Waals surface area contributed by atoms with Crippen LogP contribution in [-0.2, 0) is 0 Å². The molecular weight excluding hydrogens is 605 g/mol. The number of hydrogen-bond donors (Lipinski definition) is 2. The van der Waals surface area contributed by atoms with E-state index < -0.39 is 0 Å². The molecule has 0 unspecified atom stereocenters. The average molecular weight is 641 g/mol. The molecule has 0 bridgehead atoms. The number of hydrogen-bond acceptors (Lipinski definition) is 2. The Kier molecular flexibility index (Phi) is 8.26. The Bertz CT molecular complexity index is 2260. The van der Waals surface area contributed by atoms with Crippen molar-refractivity contribution in [2.24, 2.45) is 0 Å². The van der Waals surface area contributed by atoms with Gasteiger partial charge in [-0.05, 0) is 67.8 Å². The Morgan fingerprint density at radius 2 is 0.420 bits per heavy atom. The fourth-order valence-electron chi connectivity index (χ4n) is 7.01. The lowest BCUT2D eigenvalue weighted by Gasteiger charge is -2.27. The zero-order chi connectivity index (χ0) is 33.9. The SMILES string of the molecule is Nc1ccc(-c2ccc(-c3ccc(-c4c(-c5ccccc5)c(-c5ccccc5)c(N)c(-c5ccccc5)c4-c4ccccc4)cc3)cc2)cc1. The van der Waals surface area contributed by atoms with Crippen molar-refractivity contribution in [1.29, 1.82) is 0 Å². The van der Waals surface area contributed by atoms with Crippen molar-refractivity contribution in [3.8, 4) is 77.9 Å². The lowest BCUT2D eigenvalue weighted by Crippen LogP contribution is -2.03. The van der Waals surface area contributed by atoms with Crippen molar-refractivity contribution >= 4 is 11.4 Å². The summed E-state index contributed by atoms with van der Waals surface area (Å²) in [6, 6.07) is 68.2. The van der Waals surface area contributed by atoms with Crippen LogP contribution in [0.5, 0.6) is 0 Å². The number of benzene rings is 8. The van der Waals surface area contributed by atoms with E-state index in [2.05, 4.69) is 182 Å². The van der Waals surface area contributed by atoms with Crippen LogP contribution in [0.4, 0.5) is 11.4 Å². The van der Waals surface area contributed by atoms with Gasteiger partial charge in [-0.15, -0.1) is 0 Å². The summed E-state index contributed by atoms with van der Waals surface area (Å²) in [6.07, 6.45) is 0. The molecule has 0 radical (unpaired) electrons. The van der Waals surface area contributed by atoms with Crippen LogP contribution in [0.25, 0.3) is 77.9 Å². The van der Waals surface area contributed by atoms with E-state index in [0.29, 0.717) is 0 Å². The zero-order valence-corrected chi connectivity index (χ0v) is 27.6. The van der Waals surface area contributed by atoms with Crippen LogP contribution in [-0.4, -0.2) is 0 Å². The van der Waals surface area contributed by atoms with Crippen molar-refractivity contribution < 1.29 is 0 Å². The summed E-state index contributed by atoms with van der Waals surface area (Å²) in [7, 11) is 0. The molecule has 0 atom stereocenters. The summed E-state index contributed by atoms with van der Waals surface area (Å²) in [5.41, 5.74) is 30.5. The van der Waals surface area contributed by atoms with Crippen molar-refractivity contribution in [3.63, 3.8) is 0 Å². The summed E-state index contributed by atoms with van der Waals surface area (Å²) in [4.78, 5) is 0. The lowest BCUT2D eigenvalue weighted by atomic mass is 9.77. The Morgan fingerprint density at radius 1 is 0.200 bits per heavy atom. The van der Waals surface area contributed by atoms with E-state index in [-0.39, 0.29) is 0 Å². The quantitative estimate of drug-likeness (QED) is 0.170. The highest BCUT2D eigenvalue weighted by atomic mass is 14.6. The van der Waals surface area contributed by atoms with E-state index in [1.807, 2.05) is 12.1 Å². The van der Waals surface area contributed by atoms with Crippen LogP contribution in [0.15, 0.2) is 194 Å². The van der Waals surface area contributed by atoms with E-state index in [9.17, 15) is 0 Å². The molecule has 0 aromatic heterocycles. The molecule has 2 heteroatoms. The fraction of sp³-hybridized carbons (Fsp3) is 0. The van der Waals surface area contributed by atoms with Crippen LogP contribution in [0, 0.1) is 0 Å². The van der Waals surface area contributed by atoms with Gasteiger partial charge in [-0.1, -0.05) is 182 Å². The summed E-state index contributed by atoms with van der Waals surface area (Å²) >= 11 is 0. The lowest BCUT2D eigenvalue weighted by molar-refractivity contribution is 1.52. The number of rotatable bonds is 7. The Balaban J connectivity index is 1.39. The smallest absolute Gasteiger partial charge is 0.0486 e. The van der Waals surface area contributed by atoms with E-state index in [1.165, 1.54) is 0 Å². The largest absolute Gasteiger partial charge is 0.399 e. The monoisotopic (exact) mass is 640 g/mol. The third-order valence-electron chi connectivity index (χ3n) is 9.42. The minimum atomic E-state index is 0.765. The van der Waals surface area contributed by atoms with Gasteiger partial charge < -0.3 is 11.5 Å². The first-order valence-corrected chi connectivity index (χ1v) is 16.9. The van der Waals surface area contributed by atoms with Gasteiger partial charge in [0.05, 0.1) is 0 Å². The highest BCUT2D eigenvalue weighted by Gasteiger charge is 2.27. The highest BCUT2D eigenvalue weighted by Crippen LogP contribution is 2.54. The van der Waals surface area contributed by atoms with E-state index in [4.69, 9.17) is 11.5 Å². The second-order valence-corrected chi connectivity index (χ2v) is 12.5. The Labute approximate surface area is 294 Å². The summed E-state index contributed by atoms with van der Waals surface area (Å²) < 4.78 is 0. The van der Waals surface area contributed by atoms with Crippen LogP contribution in [0.2, 0.25) is 0 Å². The predicted molar refractivity (Wildman–Crippen MR) is 213 cm³/mol. The van der Waals surface area contributed by atoms with Crippen molar-refractivity contribution in [3.05, 3.63) is 194 Å². The van der Waals surface area contributed by atoms with Gasteiger partial charge in [0.1, 0.15) is 0 Å². The van der Waals surface area contributed by atoms with Crippen LogP contribution < -0.4 is 11.5 Å². The molecule has 4 N–H and O–H groups in total. The van der Waals surface area contributed by atoms with Gasteiger partial charge in [0.2, 0.25) is 0 Å². The molecule has 0 aliphatic heterocycles. The third-order valence-corrected chi connectivity index (χ3v) is 9.42. The second kappa shape index (κ2) is 13.5. The topological polar surface area (TPSA) is 52.0 Å². The van der Waals surface area contributed by atoms with Crippen LogP contribution in [0.3, 0.4) is 0 Å². The molecule has 8 rings (SSSR count). The van der Waals surface area contributed by atoms with Gasteiger partial charge in [0.15, 0.2) is 0 Å². The zero-order valence-electron chi connectivity index (χ0n) is 27.6. The highest BCUT2D eigenvalue weighted by molar-refractivity contribution is 6.13. The molecule has 8 aromatic rings. The van der Waals surface area contributed by atoms with Crippen molar-refractivity contribution in [1.82, 2.24) is 0 Å². The molecule has 0 aliphatic rings. The van der Waals surface area contributed by atoms with Gasteiger partial charge in [0, 0.05) is 33.6 Å². The van der Waals surface area contributed by atoms with E-state index in [1.54, 1.807) is 0 Å². The second-order valence-electron chi connectivity index (χ2n) is 12.5.